The summed E-state index contributed by atoms with van der Waals surface area (Å²) in [5.74, 6) is 1.65. The van der Waals surface area contributed by atoms with Gasteiger partial charge in [0, 0.05) is 61.5 Å². The van der Waals surface area contributed by atoms with Crippen LogP contribution in [0.1, 0.15) is 103 Å². The van der Waals surface area contributed by atoms with Crippen LogP contribution < -0.4 is 30.0 Å². The van der Waals surface area contributed by atoms with E-state index in [4.69, 9.17) is 92.2 Å². The van der Waals surface area contributed by atoms with Crippen LogP contribution in [0.25, 0.3) is 0 Å². The molecule has 2 saturated heterocycles. The first kappa shape index (κ1) is 64.0. The van der Waals surface area contributed by atoms with E-state index in [1.54, 1.807) is 109 Å². The van der Waals surface area contributed by atoms with Crippen LogP contribution in [0.15, 0.2) is 98.1 Å². The summed E-state index contributed by atoms with van der Waals surface area (Å²) in [5.41, 5.74) is 7.49. The Morgan fingerprint density at radius 2 is 1.08 bits per heavy atom. The number of piperidine rings is 2. The summed E-state index contributed by atoms with van der Waals surface area (Å²) in [6, 6.07) is 20.8. The van der Waals surface area contributed by atoms with Gasteiger partial charge in [0.05, 0.1) is 59.4 Å². The van der Waals surface area contributed by atoms with Gasteiger partial charge in [0.1, 0.15) is 11.2 Å². The van der Waals surface area contributed by atoms with Crippen molar-refractivity contribution in [3.8, 4) is 23.0 Å². The Balaban J connectivity index is 0.000000278. The number of rotatable bonds is 17. The van der Waals surface area contributed by atoms with Crippen LogP contribution in [0.3, 0.4) is 0 Å². The molecule has 0 saturated carbocycles. The number of nitrogens with two attached hydrogens (primary N) is 1. The minimum Gasteiger partial charge on any atom is -0.493 e. The molecule has 4 unspecified atom stereocenters. The second-order valence-electron chi connectivity index (χ2n) is 20.6. The van der Waals surface area contributed by atoms with Gasteiger partial charge in [-0.1, -0.05) is 70.7 Å². The molecule has 420 valence electrons. The molecule has 2 fully saturated rings. The maximum atomic E-state index is 13.2. The fourth-order valence-corrected chi connectivity index (χ4v) is 9.08. The lowest BCUT2D eigenvalue weighted by Crippen LogP contribution is -2.44. The molecular formula is C58H73Cl5N4O10. The Morgan fingerprint density at radius 3 is 1.51 bits per heavy atom. The number of halogens is 5. The molecular weight excluding hydrogens is 1090 g/mol. The number of amides is 3. The first-order valence-corrected chi connectivity index (χ1v) is 27.2. The van der Waals surface area contributed by atoms with Crippen molar-refractivity contribution in [3.63, 3.8) is 0 Å². The maximum absolute atomic E-state index is 13.2. The SMILES string of the molecule is C=CCC(C(=O)Cl)c1ccc(Cl)c(Cl)c1.C=CCC(C(=O)Nc1ccc(OC)c(OCC2CCCN(C(=O)OC(C)(C)C)C2)c1)c1ccc(Cl)c(Cl)c1.COc1ccc(N)cc1OCC1CCCN(C(=O)OC(C)(C)C)C1. The first-order chi connectivity index (χ1) is 36.3. The standard InChI is InChI=1S/C29H36Cl2N2O5.C18H28N2O4.C11H9Cl3O/c1-6-8-22(20-10-12-23(30)24(31)15-20)27(34)32-21-11-13-25(36-5)26(16-21)37-18-19-9-7-14-33(17-19)28(35)38-29(2,3)4;1-18(2,3)24-17(21)20-9-5-6-13(11-20)12-23-16-10-14(19)7-8-15(16)22-4;1-2-3-8(11(14)15)7-4-5-9(12)10(13)6-7/h6,10-13,15-16,19,22H,1,7-9,14,17-18H2,2-5H3,(H,32,34);7-8,10,13H,5-6,9,11-12,19H2,1-4H3;2,4-6,8H,1,3H2. The summed E-state index contributed by atoms with van der Waals surface area (Å²) in [5, 5.41) is 4.23. The molecule has 3 N–H and O–H groups in total. The van der Waals surface area contributed by atoms with Crippen LogP contribution in [0.4, 0.5) is 21.0 Å². The average Bonchev–Trinajstić information content (AvgIpc) is 3.37. The van der Waals surface area contributed by atoms with Gasteiger partial charge in [0.2, 0.25) is 11.1 Å². The monoisotopic (exact) mass is 1160 g/mol. The van der Waals surface area contributed by atoms with E-state index in [0.29, 0.717) is 100 Å². The smallest absolute Gasteiger partial charge is 0.410 e. The minimum absolute atomic E-state index is 0.144. The van der Waals surface area contributed by atoms with Crippen molar-refractivity contribution < 1.29 is 47.6 Å². The summed E-state index contributed by atoms with van der Waals surface area (Å²) >= 11 is 29.3. The number of carbonyl (C=O) groups is 4. The van der Waals surface area contributed by atoms with E-state index in [9.17, 15) is 19.2 Å². The van der Waals surface area contributed by atoms with Crippen LogP contribution >= 0.6 is 58.0 Å². The molecule has 19 heteroatoms. The van der Waals surface area contributed by atoms with Gasteiger partial charge in [-0.15, -0.1) is 13.2 Å². The second-order valence-corrected chi connectivity index (χ2v) is 22.6. The number of methoxy groups -OCH3 is 2. The molecule has 0 bridgehead atoms. The lowest BCUT2D eigenvalue weighted by Gasteiger charge is -2.34. The molecule has 4 aromatic carbocycles. The van der Waals surface area contributed by atoms with Crippen LogP contribution in [0, 0.1) is 11.8 Å². The molecule has 0 aromatic heterocycles. The number of likely N-dealkylation sites (tertiary alicyclic amines) is 2. The Kier molecular flexibility index (Phi) is 25.4. The summed E-state index contributed by atoms with van der Waals surface area (Å²) < 4.78 is 33.8. The van der Waals surface area contributed by atoms with E-state index >= 15 is 0 Å². The fraction of sp³-hybridized carbons (Fsp3) is 0.448. The quantitative estimate of drug-likeness (QED) is 0.0586. The van der Waals surface area contributed by atoms with Gasteiger partial charge in [0.25, 0.3) is 0 Å². The van der Waals surface area contributed by atoms with Crippen molar-refractivity contribution in [1.29, 1.82) is 0 Å². The van der Waals surface area contributed by atoms with Crippen LogP contribution in [-0.4, -0.2) is 98.0 Å². The largest absolute Gasteiger partial charge is 0.493 e. The molecule has 0 radical (unpaired) electrons. The average molecular weight is 1160 g/mol. The number of ether oxygens (including phenoxy) is 6. The highest BCUT2D eigenvalue weighted by Crippen LogP contribution is 2.35. The van der Waals surface area contributed by atoms with Gasteiger partial charge >= 0.3 is 12.2 Å². The van der Waals surface area contributed by atoms with E-state index in [0.717, 1.165) is 43.4 Å². The highest BCUT2D eigenvalue weighted by Gasteiger charge is 2.30. The van der Waals surface area contributed by atoms with Crippen LogP contribution in [-0.2, 0) is 19.1 Å². The molecule has 0 spiro atoms. The number of hydrogen-bond acceptors (Lipinski definition) is 11. The van der Waals surface area contributed by atoms with Crippen molar-refractivity contribution in [2.45, 2.75) is 103 Å². The summed E-state index contributed by atoms with van der Waals surface area (Å²) in [6.45, 7) is 22.1. The number of allylic oxidation sites excluding steroid dienone is 2. The Hall–Kier alpha value is -5.51. The van der Waals surface area contributed by atoms with E-state index in [1.807, 2.05) is 41.5 Å². The number of carbonyl (C=O) groups excluding carboxylic acids is 4. The second kappa shape index (κ2) is 30.6. The lowest BCUT2D eigenvalue weighted by molar-refractivity contribution is -0.117. The lowest BCUT2D eigenvalue weighted by atomic mass is 9.94. The highest BCUT2D eigenvalue weighted by molar-refractivity contribution is 6.64. The molecule has 0 aliphatic carbocycles. The Labute approximate surface area is 479 Å². The van der Waals surface area contributed by atoms with Gasteiger partial charge in [-0.05, 0) is 151 Å². The van der Waals surface area contributed by atoms with Gasteiger partial charge in [-0.3, -0.25) is 9.59 Å². The molecule has 4 aromatic rings. The Morgan fingerprint density at radius 1 is 0.636 bits per heavy atom. The predicted molar refractivity (Wildman–Crippen MR) is 310 cm³/mol. The molecule has 14 nitrogen and oxygen atoms in total. The number of hydrogen-bond donors (Lipinski definition) is 2. The third-order valence-corrected chi connectivity index (χ3v) is 13.7. The number of nitrogens with zero attached hydrogens (tertiary/aromatic N) is 2. The van der Waals surface area contributed by atoms with Crippen LogP contribution in [0.5, 0.6) is 23.0 Å². The summed E-state index contributed by atoms with van der Waals surface area (Å²) in [6.07, 6.45) is 7.47. The first-order valence-electron chi connectivity index (χ1n) is 25.3. The summed E-state index contributed by atoms with van der Waals surface area (Å²) in [4.78, 5) is 52.6. The van der Waals surface area contributed by atoms with Gasteiger partial charge in [0.15, 0.2) is 23.0 Å². The number of benzene rings is 4. The normalized spacial score (nSPS) is 16.1. The number of nitrogens with one attached hydrogen (secondary N) is 1. The molecule has 77 heavy (non-hydrogen) atoms. The van der Waals surface area contributed by atoms with E-state index < -0.39 is 28.3 Å². The highest BCUT2D eigenvalue weighted by atomic mass is 35.5. The minimum atomic E-state index is -0.538. The third-order valence-electron chi connectivity index (χ3n) is 12.0. The van der Waals surface area contributed by atoms with Crippen LogP contribution in [0.2, 0.25) is 20.1 Å². The fourth-order valence-electron chi connectivity index (χ4n) is 8.25. The Bertz CT molecular complexity index is 2640. The van der Waals surface area contributed by atoms with E-state index in [2.05, 4.69) is 18.5 Å². The van der Waals surface area contributed by atoms with Crippen molar-refractivity contribution in [2.24, 2.45) is 11.8 Å². The van der Waals surface area contributed by atoms with Crippen molar-refractivity contribution in [2.75, 3.05) is 64.7 Å². The van der Waals surface area contributed by atoms with Gasteiger partial charge in [-0.25, -0.2) is 9.59 Å². The molecule has 2 heterocycles. The molecule has 2 aliphatic heterocycles. The van der Waals surface area contributed by atoms with Crippen molar-refractivity contribution in [1.82, 2.24) is 9.80 Å². The molecule has 6 rings (SSSR count). The molecule has 3 amide bonds. The topological polar surface area (TPSA) is 168 Å². The molecule has 4 atom stereocenters. The van der Waals surface area contributed by atoms with E-state index in [-0.39, 0.29) is 29.9 Å². The zero-order valence-electron chi connectivity index (χ0n) is 45.2. The van der Waals surface area contributed by atoms with E-state index in [1.165, 1.54) is 0 Å². The number of anilines is 2. The zero-order valence-corrected chi connectivity index (χ0v) is 49.0. The zero-order chi connectivity index (χ0) is 57.0. The van der Waals surface area contributed by atoms with Crippen molar-refractivity contribution in [3.05, 3.63) is 129 Å². The predicted octanol–water partition coefficient (Wildman–Crippen LogP) is 15.0. The maximum Gasteiger partial charge on any atom is 0.410 e. The summed E-state index contributed by atoms with van der Waals surface area (Å²) in [7, 11) is 3.17. The van der Waals surface area contributed by atoms with Gasteiger partial charge < -0.3 is 49.3 Å². The van der Waals surface area contributed by atoms with Gasteiger partial charge in [-0.2, -0.15) is 0 Å². The van der Waals surface area contributed by atoms with Crippen molar-refractivity contribution >= 4 is 92.7 Å². The third kappa shape index (κ3) is 21.3. The number of nitrogen functional groups attached to an aromatic ring is 1. The molecule has 2 aliphatic rings.